The van der Waals surface area contributed by atoms with Crippen molar-refractivity contribution >= 4 is 56.6 Å². The van der Waals surface area contributed by atoms with Gasteiger partial charge in [-0.2, -0.15) is 0 Å². The SMILES string of the molecule is C=Cc1cc(-c2cccc(-c3cc4c5ccccc5c(-c5ccccc5)cc4c4ccccc34)c2)c(/C=C\C)c(C=C)c1C=C.CCC. The van der Waals surface area contributed by atoms with Gasteiger partial charge in [0.2, 0.25) is 0 Å². The van der Waals surface area contributed by atoms with E-state index in [1.54, 1.807) is 0 Å². The minimum atomic E-state index is 1.05. The molecule has 0 heterocycles. The van der Waals surface area contributed by atoms with Gasteiger partial charge in [-0.05, 0) is 119 Å². The van der Waals surface area contributed by atoms with E-state index in [0.29, 0.717) is 0 Å². The van der Waals surface area contributed by atoms with E-state index in [2.05, 4.69) is 174 Å². The lowest BCUT2D eigenvalue weighted by atomic mass is 9.85. The van der Waals surface area contributed by atoms with Crippen molar-refractivity contribution in [3.63, 3.8) is 0 Å². The van der Waals surface area contributed by atoms with Gasteiger partial charge in [-0.1, -0.05) is 167 Å². The molecule has 0 saturated carbocycles. The zero-order chi connectivity index (χ0) is 33.6. The number of hydrogen-bond acceptors (Lipinski definition) is 0. The summed E-state index contributed by atoms with van der Waals surface area (Å²) in [6, 6.07) is 44.2. The zero-order valence-corrected chi connectivity index (χ0v) is 28.3. The van der Waals surface area contributed by atoms with Gasteiger partial charge in [0, 0.05) is 0 Å². The summed E-state index contributed by atoms with van der Waals surface area (Å²) < 4.78 is 0. The predicted octanol–water partition coefficient (Wildman–Crippen LogP) is 14.5. The molecule has 0 aliphatic rings. The summed E-state index contributed by atoms with van der Waals surface area (Å²) in [6.07, 6.45) is 11.2. The maximum Gasteiger partial charge on any atom is -0.00923 e. The Morgan fingerprint density at radius 3 is 1.44 bits per heavy atom. The molecule has 0 amide bonds. The molecule has 0 nitrogen and oxygen atoms in total. The molecule has 7 aromatic rings. The number of benzene rings is 7. The number of fused-ring (bicyclic) bond motifs is 5. The highest BCUT2D eigenvalue weighted by Crippen LogP contribution is 2.43. The maximum atomic E-state index is 4.16. The van der Waals surface area contributed by atoms with Gasteiger partial charge in [0.15, 0.2) is 0 Å². The van der Waals surface area contributed by atoms with Gasteiger partial charge in [0.25, 0.3) is 0 Å². The molecule has 0 radical (unpaired) electrons. The number of allylic oxidation sites excluding steroid dienone is 1. The van der Waals surface area contributed by atoms with Crippen LogP contribution in [0.3, 0.4) is 0 Å². The van der Waals surface area contributed by atoms with Crippen LogP contribution in [0, 0.1) is 0 Å². The number of hydrogen-bond donors (Lipinski definition) is 0. The summed E-state index contributed by atoms with van der Waals surface area (Å²) in [7, 11) is 0. The van der Waals surface area contributed by atoms with Crippen molar-refractivity contribution in [2.45, 2.75) is 27.2 Å². The molecule has 0 saturated heterocycles. The molecular weight excluding hydrogens is 577 g/mol. The first-order valence-electron chi connectivity index (χ1n) is 16.8. The van der Waals surface area contributed by atoms with Crippen LogP contribution in [0.5, 0.6) is 0 Å². The topological polar surface area (TPSA) is 0 Å². The second-order valence-electron chi connectivity index (χ2n) is 12.1. The van der Waals surface area contributed by atoms with Crippen molar-refractivity contribution in [1.82, 2.24) is 0 Å². The van der Waals surface area contributed by atoms with Crippen molar-refractivity contribution in [1.29, 1.82) is 0 Å². The Bertz CT molecular complexity index is 2330. The van der Waals surface area contributed by atoms with Crippen molar-refractivity contribution < 1.29 is 0 Å². The van der Waals surface area contributed by atoms with Crippen LogP contribution in [-0.2, 0) is 0 Å². The van der Waals surface area contributed by atoms with Crippen molar-refractivity contribution in [2.24, 2.45) is 0 Å². The van der Waals surface area contributed by atoms with Gasteiger partial charge in [0.05, 0.1) is 0 Å². The highest BCUT2D eigenvalue weighted by Gasteiger charge is 2.17. The first-order valence-corrected chi connectivity index (χ1v) is 16.8. The van der Waals surface area contributed by atoms with E-state index < -0.39 is 0 Å². The van der Waals surface area contributed by atoms with Crippen LogP contribution in [0.15, 0.2) is 147 Å². The predicted molar refractivity (Wildman–Crippen MR) is 216 cm³/mol. The smallest absolute Gasteiger partial charge is 0.00923 e. The van der Waals surface area contributed by atoms with Crippen molar-refractivity contribution in [2.75, 3.05) is 0 Å². The molecule has 234 valence electrons. The van der Waals surface area contributed by atoms with Gasteiger partial charge >= 0.3 is 0 Å². The third-order valence-electron chi connectivity index (χ3n) is 8.89. The van der Waals surface area contributed by atoms with Gasteiger partial charge in [-0.15, -0.1) is 0 Å². The Morgan fingerprint density at radius 1 is 0.438 bits per heavy atom. The molecule has 0 aliphatic carbocycles. The fraction of sp³-hybridized carbons (Fsp3) is 0.0833. The van der Waals surface area contributed by atoms with Gasteiger partial charge in [0.1, 0.15) is 0 Å². The Hall–Kier alpha value is -5.72. The Balaban J connectivity index is 0.00000129. The monoisotopic (exact) mass is 618 g/mol. The molecule has 7 aromatic carbocycles. The average molecular weight is 619 g/mol. The van der Waals surface area contributed by atoms with Crippen LogP contribution in [0.25, 0.3) is 90.0 Å². The quantitative estimate of drug-likeness (QED) is 0.156. The summed E-state index contributed by atoms with van der Waals surface area (Å²) in [4.78, 5) is 0. The summed E-state index contributed by atoms with van der Waals surface area (Å²) in [5, 5.41) is 7.55. The number of rotatable bonds is 7. The molecular formula is C48H42. The van der Waals surface area contributed by atoms with E-state index in [0.717, 1.165) is 33.4 Å². The molecule has 0 fully saturated rings. The van der Waals surface area contributed by atoms with E-state index >= 15 is 0 Å². The molecule has 7 rings (SSSR count). The molecule has 0 atom stereocenters. The molecule has 0 N–H and O–H groups in total. The summed E-state index contributed by atoms with van der Waals surface area (Å²) >= 11 is 0. The second-order valence-corrected chi connectivity index (χ2v) is 12.1. The van der Waals surface area contributed by atoms with Crippen LogP contribution in [0.2, 0.25) is 0 Å². The van der Waals surface area contributed by atoms with E-state index in [1.807, 2.05) is 18.2 Å². The molecule has 48 heavy (non-hydrogen) atoms. The third kappa shape index (κ3) is 5.83. The molecule has 0 aliphatic heterocycles. The average Bonchev–Trinajstić information content (AvgIpc) is 3.14. The van der Waals surface area contributed by atoms with E-state index in [-0.39, 0.29) is 0 Å². The van der Waals surface area contributed by atoms with Crippen LogP contribution >= 0.6 is 0 Å². The van der Waals surface area contributed by atoms with Crippen LogP contribution < -0.4 is 0 Å². The summed E-state index contributed by atoms with van der Waals surface area (Å²) in [6.45, 7) is 18.6. The molecule has 0 aromatic heterocycles. The highest BCUT2D eigenvalue weighted by atomic mass is 14.2. The first-order chi connectivity index (χ1) is 23.6. The Morgan fingerprint density at radius 2 is 0.917 bits per heavy atom. The zero-order valence-electron chi connectivity index (χ0n) is 28.3. The molecule has 0 bridgehead atoms. The van der Waals surface area contributed by atoms with E-state index in [4.69, 9.17) is 0 Å². The largest absolute Gasteiger partial charge is 0.0984 e. The molecule has 0 heteroatoms. The molecule has 0 spiro atoms. The third-order valence-corrected chi connectivity index (χ3v) is 8.89. The lowest BCUT2D eigenvalue weighted by molar-refractivity contribution is 1.09. The normalized spacial score (nSPS) is 11.1. The lowest BCUT2D eigenvalue weighted by Crippen LogP contribution is -1.96. The minimum Gasteiger partial charge on any atom is -0.0984 e. The fourth-order valence-electron chi connectivity index (χ4n) is 6.86. The summed E-state index contributed by atoms with van der Waals surface area (Å²) in [5.74, 6) is 0. The Labute approximate surface area is 285 Å². The van der Waals surface area contributed by atoms with Crippen molar-refractivity contribution in [3.8, 4) is 33.4 Å². The van der Waals surface area contributed by atoms with Crippen LogP contribution in [-0.4, -0.2) is 0 Å². The summed E-state index contributed by atoms with van der Waals surface area (Å²) in [5.41, 5.74) is 11.5. The minimum absolute atomic E-state index is 1.05. The second kappa shape index (κ2) is 14.4. The standard InChI is InChI=1S/C45H34.C3H8/c1-5-17-36-35(8-4)34(7-3)30(6-2)27-41(36)32-20-16-21-33(26-32)43-29-45-39-24-14-12-22-37(39)42(31-18-10-9-11-19-31)28-44(45)40-25-15-13-23-38(40)43;1-3-2/h5-29H,2-4H2,1H3;3H2,1-2H3/b17-5-;. The van der Waals surface area contributed by atoms with E-state index in [1.165, 1.54) is 61.0 Å². The van der Waals surface area contributed by atoms with E-state index in [9.17, 15) is 0 Å². The van der Waals surface area contributed by atoms with Crippen LogP contribution in [0.4, 0.5) is 0 Å². The van der Waals surface area contributed by atoms with Crippen molar-refractivity contribution in [3.05, 3.63) is 169 Å². The van der Waals surface area contributed by atoms with Crippen LogP contribution in [0.1, 0.15) is 49.4 Å². The fourth-order valence-corrected chi connectivity index (χ4v) is 6.86. The Kier molecular flexibility index (Phi) is 9.65. The van der Waals surface area contributed by atoms with Gasteiger partial charge in [-0.25, -0.2) is 0 Å². The van der Waals surface area contributed by atoms with Gasteiger partial charge in [-0.3, -0.25) is 0 Å². The first kappa shape index (κ1) is 32.2. The molecule has 0 unspecified atom stereocenters. The maximum absolute atomic E-state index is 4.16. The highest BCUT2D eigenvalue weighted by molar-refractivity contribution is 6.23. The lowest BCUT2D eigenvalue weighted by Gasteiger charge is -2.18. The van der Waals surface area contributed by atoms with Gasteiger partial charge < -0.3 is 0 Å².